The molecule has 0 amide bonds. The Kier molecular flexibility index (Phi) is 3.49. The zero-order chi connectivity index (χ0) is 12.8. The summed E-state index contributed by atoms with van der Waals surface area (Å²) >= 11 is 0. The van der Waals surface area contributed by atoms with Gasteiger partial charge >= 0.3 is 0 Å². The van der Waals surface area contributed by atoms with Crippen LogP contribution in [0.1, 0.15) is 0 Å². The van der Waals surface area contributed by atoms with Crippen LogP contribution in [-0.2, 0) is 10.1 Å². The van der Waals surface area contributed by atoms with Gasteiger partial charge in [0.2, 0.25) is 0 Å². The normalized spacial score (nSPS) is 11.4. The van der Waals surface area contributed by atoms with Crippen molar-refractivity contribution in [2.45, 2.75) is 4.90 Å². The second kappa shape index (κ2) is 4.81. The number of hydrogen-bond acceptors (Lipinski definition) is 2. The van der Waals surface area contributed by atoms with Crippen molar-refractivity contribution in [2.24, 2.45) is 0 Å². The molecular formula is C14H11ClO3S. The van der Waals surface area contributed by atoms with Gasteiger partial charge in [-0.15, -0.1) is 12.4 Å². The number of halogens is 1. The lowest BCUT2D eigenvalue weighted by Crippen LogP contribution is -2.00. The van der Waals surface area contributed by atoms with Crippen LogP contribution in [0.25, 0.3) is 21.5 Å². The molecule has 3 rings (SSSR count). The molecule has 3 aromatic carbocycles. The molecule has 0 heterocycles. The first kappa shape index (κ1) is 13.8. The summed E-state index contributed by atoms with van der Waals surface area (Å²) in [6.07, 6.45) is 0. The Balaban J connectivity index is 0.00000133. The summed E-state index contributed by atoms with van der Waals surface area (Å²) in [5, 5.41) is 2.67. The summed E-state index contributed by atoms with van der Waals surface area (Å²) in [5.41, 5.74) is 0. The van der Waals surface area contributed by atoms with Gasteiger partial charge in [-0.25, -0.2) is 0 Å². The first-order chi connectivity index (χ1) is 8.57. The molecule has 5 heteroatoms. The van der Waals surface area contributed by atoms with Gasteiger partial charge in [-0.3, -0.25) is 4.55 Å². The molecule has 0 fully saturated rings. The fourth-order valence-electron chi connectivity index (χ4n) is 2.25. The van der Waals surface area contributed by atoms with E-state index in [9.17, 15) is 13.0 Å². The van der Waals surface area contributed by atoms with E-state index in [0.29, 0.717) is 10.8 Å². The minimum Gasteiger partial charge on any atom is -0.282 e. The zero-order valence-electron chi connectivity index (χ0n) is 9.78. The smallest absolute Gasteiger partial charge is 0.282 e. The summed E-state index contributed by atoms with van der Waals surface area (Å²) in [7, 11) is -4.26. The van der Waals surface area contributed by atoms with Crippen molar-refractivity contribution in [3.05, 3.63) is 54.6 Å². The second-order valence-electron chi connectivity index (χ2n) is 4.12. The van der Waals surface area contributed by atoms with E-state index in [1.807, 2.05) is 30.3 Å². The average molecular weight is 295 g/mol. The third-order valence-electron chi connectivity index (χ3n) is 2.98. The molecule has 1 N–H and O–H groups in total. The average Bonchev–Trinajstić information content (AvgIpc) is 2.34. The van der Waals surface area contributed by atoms with Crippen LogP contribution in [0, 0.1) is 0 Å². The predicted octanol–water partition coefficient (Wildman–Crippen LogP) is 3.66. The Hall–Kier alpha value is -1.62. The van der Waals surface area contributed by atoms with Crippen LogP contribution in [0.15, 0.2) is 59.5 Å². The van der Waals surface area contributed by atoms with Crippen LogP contribution in [0.4, 0.5) is 0 Å². The molecule has 0 aliphatic rings. The number of rotatable bonds is 1. The van der Waals surface area contributed by atoms with E-state index >= 15 is 0 Å². The van der Waals surface area contributed by atoms with E-state index in [2.05, 4.69) is 0 Å². The van der Waals surface area contributed by atoms with Gasteiger partial charge in [0.05, 0.1) is 0 Å². The fraction of sp³-hybridized carbons (Fsp3) is 0. The van der Waals surface area contributed by atoms with Gasteiger partial charge in [-0.2, -0.15) is 8.42 Å². The summed E-state index contributed by atoms with van der Waals surface area (Å²) in [4.78, 5) is -0.0174. The standard InChI is InChI=1S/C14H10O3S.ClH/c15-18(16,17)14-12-7-3-1-5-10(12)9-11-6-2-4-8-13(11)14;/h1-9H,(H,15,16,17);1H. The van der Waals surface area contributed by atoms with Crippen LogP contribution < -0.4 is 0 Å². The van der Waals surface area contributed by atoms with Crippen molar-refractivity contribution in [1.29, 1.82) is 0 Å². The maximum atomic E-state index is 11.6. The third-order valence-corrected chi connectivity index (χ3v) is 3.94. The highest BCUT2D eigenvalue weighted by atomic mass is 35.5. The molecule has 3 aromatic rings. The van der Waals surface area contributed by atoms with Gasteiger partial charge in [0, 0.05) is 10.8 Å². The van der Waals surface area contributed by atoms with Crippen molar-refractivity contribution in [1.82, 2.24) is 0 Å². The molecule has 98 valence electrons. The Morgan fingerprint density at radius 2 is 1.21 bits per heavy atom. The van der Waals surface area contributed by atoms with Crippen molar-refractivity contribution >= 4 is 44.1 Å². The summed E-state index contributed by atoms with van der Waals surface area (Å²) in [6, 6.07) is 16.2. The highest BCUT2D eigenvalue weighted by molar-refractivity contribution is 7.86. The third kappa shape index (κ3) is 2.30. The molecular weight excluding hydrogens is 284 g/mol. The fourth-order valence-corrected chi connectivity index (χ4v) is 3.18. The lowest BCUT2D eigenvalue weighted by molar-refractivity contribution is 0.485. The number of hydrogen-bond donors (Lipinski definition) is 1. The van der Waals surface area contributed by atoms with Crippen LogP contribution in [0.3, 0.4) is 0 Å². The second-order valence-corrected chi connectivity index (χ2v) is 5.48. The molecule has 0 radical (unpaired) electrons. The molecule has 0 aromatic heterocycles. The van der Waals surface area contributed by atoms with E-state index < -0.39 is 10.1 Å². The molecule has 0 spiro atoms. The SMILES string of the molecule is Cl.O=S(=O)(O)c1c2ccccc2cc2ccccc12. The van der Waals surface area contributed by atoms with Crippen LogP contribution in [-0.4, -0.2) is 13.0 Å². The van der Waals surface area contributed by atoms with E-state index in [4.69, 9.17) is 0 Å². The Morgan fingerprint density at radius 1 is 0.789 bits per heavy atom. The van der Waals surface area contributed by atoms with E-state index in [1.165, 1.54) is 0 Å². The van der Waals surface area contributed by atoms with Crippen molar-refractivity contribution in [3.8, 4) is 0 Å². The molecule has 19 heavy (non-hydrogen) atoms. The Bertz CT molecular complexity index is 803. The van der Waals surface area contributed by atoms with Crippen molar-refractivity contribution in [3.63, 3.8) is 0 Å². The lowest BCUT2D eigenvalue weighted by Gasteiger charge is -2.08. The minimum atomic E-state index is -4.26. The van der Waals surface area contributed by atoms with E-state index in [-0.39, 0.29) is 17.3 Å². The Morgan fingerprint density at radius 3 is 1.63 bits per heavy atom. The summed E-state index contributed by atoms with van der Waals surface area (Å²) in [6.45, 7) is 0. The highest BCUT2D eigenvalue weighted by Gasteiger charge is 2.17. The van der Waals surface area contributed by atoms with Gasteiger partial charge in [0.1, 0.15) is 4.90 Å². The minimum absolute atomic E-state index is 0. The molecule has 0 unspecified atom stereocenters. The molecule has 3 nitrogen and oxygen atoms in total. The van der Waals surface area contributed by atoms with E-state index in [0.717, 1.165) is 10.8 Å². The van der Waals surface area contributed by atoms with Crippen molar-refractivity contribution in [2.75, 3.05) is 0 Å². The van der Waals surface area contributed by atoms with Gasteiger partial charge in [-0.1, -0.05) is 48.5 Å². The van der Waals surface area contributed by atoms with Crippen LogP contribution in [0.2, 0.25) is 0 Å². The maximum absolute atomic E-state index is 11.6. The molecule has 0 saturated heterocycles. The molecule has 0 saturated carbocycles. The van der Waals surface area contributed by atoms with Crippen molar-refractivity contribution < 1.29 is 13.0 Å². The van der Waals surface area contributed by atoms with E-state index in [1.54, 1.807) is 24.3 Å². The molecule has 0 aliphatic heterocycles. The Labute approximate surface area is 117 Å². The lowest BCUT2D eigenvalue weighted by atomic mass is 10.0. The highest BCUT2D eigenvalue weighted by Crippen LogP contribution is 2.31. The molecule has 0 bridgehead atoms. The quantitative estimate of drug-likeness (QED) is 0.550. The van der Waals surface area contributed by atoms with Gasteiger partial charge in [0.15, 0.2) is 0 Å². The van der Waals surface area contributed by atoms with Gasteiger partial charge in [-0.05, 0) is 16.8 Å². The van der Waals surface area contributed by atoms with Gasteiger partial charge < -0.3 is 0 Å². The maximum Gasteiger partial charge on any atom is 0.295 e. The first-order valence-electron chi connectivity index (χ1n) is 5.45. The van der Waals surface area contributed by atoms with Crippen LogP contribution >= 0.6 is 12.4 Å². The van der Waals surface area contributed by atoms with Gasteiger partial charge in [0.25, 0.3) is 10.1 Å². The number of fused-ring (bicyclic) bond motifs is 2. The van der Waals surface area contributed by atoms with Crippen LogP contribution in [0.5, 0.6) is 0 Å². The summed E-state index contributed by atoms with van der Waals surface area (Å²) < 4.78 is 32.7. The largest absolute Gasteiger partial charge is 0.295 e. The predicted molar refractivity (Wildman–Crippen MR) is 78.5 cm³/mol. The topological polar surface area (TPSA) is 54.4 Å². The molecule has 0 atom stereocenters. The first-order valence-corrected chi connectivity index (χ1v) is 6.89. The molecule has 0 aliphatic carbocycles. The monoisotopic (exact) mass is 294 g/mol. The number of benzene rings is 3. The zero-order valence-corrected chi connectivity index (χ0v) is 11.4. The summed E-state index contributed by atoms with van der Waals surface area (Å²) in [5.74, 6) is 0.